The lowest BCUT2D eigenvalue weighted by Crippen LogP contribution is -2.32. The molecule has 1 aliphatic heterocycles. The third-order valence-corrected chi connectivity index (χ3v) is 8.56. The Morgan fingerprint density at radius 3 is 1.97 bits per heavy atom. The van der Waals surface area contributed by atoms with Crippen LogP contribution in [0.1, 0.15) is 45.5 Å². The van der Waals surface area contributed by atoms with E-state index in [0.717, 1.165) is 4.90 Å². The van der Waals surface area contributed by atoms with Crippen LogP contribution < -0.4 is 4.90 Å². The molecule has 1 aromatic rings. The summed E-state index contributed by atoms with van der Waals surface area (Å²) in [6, 6.07) is 6.09. The van der Waals surface area contributed by atoms with Gasteiger partial charge < -0.3 is 9.05 Å². The lowest BCUT2D eigenvalue weighted by molar-refractivity contribution is -0.121. The topological polar surface area (TPSA) is 118 Å². The molecule has 1 heterocycles. The van der Waals surface area contributed by atoms with Gasteiger partial charge in [0.1, 0.15) is 5.38 Å². The van der Waals surface area contributed by atoms with Crippen molar-refractivity contribution in [1.82, 2.24) is 0 Å². The summed E-state index contributed by atoms with van der Waals surface area (Å²) in [5.74, 6) is -2.80. The van der Waals surface area contributed by atoms with E-state index in [1.54, 1.807) is 39.8 Å². The number of phosphoric acid groups is 1. The van der Waals surface area contributed by atoms with E-state index >= 15 is 0 Å². The van der Waals surface area contributed by atoms with Gasteiger partial charge in [0.25, 0.3) is 5.91 Å². The van der Waals surface area contributed by atoms with Gasteiger partial charge in [-0.3, -0.25) is 27.7 Å². The number of imide groups is 1. The fourth-order valence-corrected chi connectivity index (χ4v) is 6.95. The normalized spacial score (nSPS) is 18.4. The van der Waals surface area contributed by atoms with E-state index in [4.69, 9.17) is 34.2 Å². The van der Waals surface area contributed by atoms with Crippen LogP contribution in [-0.4, -0.2) is 43.6 Å². The number of phosphoric ester groups is 1. The number of hydrogen-bond donors (Lipinski definition) is 0. The number of benzene rings is 1. The first-order chi connectivity index (χ1) is 15.2. The highest BCUT2D eigenvalue weighted by Gasteiger charge is 2.47. The van der Waals surface area contributed by atoms with Crippen molar-refractivity contribution in [2.24, 2.45) is 0 Å². The fourth-order valence-electron chi connectivity index (χ4n) is 3.10. The summed E-state index contributed by atoms with van der Waals surface area (Å²) in [5.41, 5.74) is 0.139. The molecule has 1 aromatic carbocycles. The molecular weight excluding hydrogens is 484 g/mol. The SMILES string of the molecule is CCOP(=O)(OCC)OC(c1ccccc1N1C(=O)CC(Cl)C1=O)P(=O)(OCC)OCC. The number of hydrogen-bond acceptors (Lipinski definition) is 9. The van der Waals surface area contributed by atoms with Gasteiger partial charge in [-0.15, -0.1) is 11.6 Å². The second-order valence-electron chi connectivity index (χ2n) is 6.41. The lowest BCUT2D eigenvalue weighted by atomic mass is 10.1. The second-order valence-corrected chi connectivity index (χ2v) is 10.6. The summed E-state index contributed by atoms with van der Waals surface area (Å²) >= 11 is 5.98. The third-order valence-electron chi connectivity index (χ3n) is 4.24. The number of amides is 2. The van der Waals surface area contributed by atoms with Crippen molar-refractivity contribution in [2.45, 2.75) is 45.3 Å². The Kier molecular flexibility index (Phi) is 10.1. The molecule has 0 aliphatic carbocycles. The molecule has 1 aliphatic rings. The van der Waals surface area contributed by atoms with Crippen LogP contribution in [0, 0.1) is 0 Å². The van der Waals surface area contributed by atoms with Crippen LogP contribution in [0.3, 0.4) is 0 Å². The fraction of sp³-hybridized carbons (Fsp3) is 0.579. The Morgan fingerprint density at radius 2 is 1.50 bits per heavy atom. The van der Waals surface area contributed by atoms with Gasteiger partial charge in [-0.1, -0.05) is 18.2 Å². The van der Waals surface area contributed by atoms with Crippen LogP contribution in [0.5, 0.6) is 0 Å². The first-order valence-corrected chi connectivity index (χ1v) is 13.7. The third kappa shape index (κ3) is 6.07. The van der Waals surface area contributed by atoms with Crippen molar-refractivity contribution in [3.63, 3.8) is 0 Å². The van der Waals surface area contributed by atoms with Crippen LogP contribution in [0.4, 0.5) is 5.69 Å². The zero-order valence-electron chi connectivity index (χ0n) is 18.4. The van der Waals surface area contributed by atoms with Crippen LogP contribution in [0.15, 0.2) is 24.3 Å². The molecule has 0 radical (unpaired) electrons. The van der Waals surface area contributed by atoms with Crippen molar-refractivity contribution in [1.29, 1.82) is 0 Å². The number of para-hydroxylation sites is 1. The van der Waals surface area contributed by atoms with Crippen molar-refractivity contribution >= 4 is 44.5 Å². The van der Waals surface area contributed by atoms with Crippen molar-refractivity contribution in [3.05, 3.63) is 29.8 Å². The molecule has 1 fully saturated rings. The molecule has 10 nitrogen and oxygen atoms in total. The van der Waals surface area contributed by atoms with Crippen molar-refractivity contribution in [3.8, 4) is 0 Å². The molecule has 2 rings (SSSR count). The lowest BCUT2D eigenvalue weighted by Gasteiger charge is -2.31. The Balaban J connectivity index is 2.68. The molecule has 13 heteroatoms. The summed E-state index contributed by atoms with van der Waals surface area (Å²) in [5, 5.41) is -1.03. The van der Waals surface area contributed by atoms with E-state index < -0.39 is 38.5 Å². The quantitative estimate of drug-likeness (QED) is 0.204. The van der Waals surface area contributed by atoms with Gasteiger partial charge in [-0.05, 0) is 33.8 Å². The summed E-state index contributed by atoms with van der Waals surface area (Å²) in [6.45, 7) is 6.31. The molecule has 0 bridgehead atoms. The van der Waals surface area contributed by atoms with Crippen molar-refractivity contribution < 1.29 is 41.3 Å². The van der Waals surface area contributed by atoms with Crippen LogP contribution >= 0.6 is 27.0 Å². The maximum Gasteiger partial charge on any atom is 0.475 e. The standard InChI is InChI=1S/C19H28ClNO9P2/c1-5-26-31(24,27-6-2)19(30-32(25,28-7-3)29-8-4)14-11-9-10-12-16(14)21-17(22)13-15(20)18(21)23/h9-12,15,19H,5-8,13H2,1-4H3. The molecule has 0 spiro atoms. The van der Waals surface area contributed by atoms with E-state index in [1.807, 2.05) is 0 Å². The van der Waals surface area contributed by atoms with E-state index in [9.17, 15) is 18.7 Å². The number of carbonyl (C=O) groups is 2. The average molecular weight is 512 g/mol. The maximum absolute atomic E-state index is 13.8. The highest BCUT2D eigenvalue weighted by Crippen LogP contribution is 2.68. The molecule has 1 saturated heterocycles. The van der Waals surface area contributed by atoms with Gasteiger partial charge >= 0.3 is 15.4 Å². The average Bonchev–Trinajstić information content (AvgIpc) is 2.98. The minimum absolute atomic E-state index is 0.0157. The van der Waals surface area contributed by atoms with Gasteiger partial charge in [0.15, 0.2) is 5.85 Å². The number of halogens is 1. The molecular formula is C19H28ClNO9P2. The van der Waals surface area contributed by atoms with Crippen LogP contribution in [0.2, 0.25) is 0 Å². The van der Waals surface area contributed by atoms with E-state index in [0.29, 0.717) is 0 Å². The summed E-state index contributed by atoms with van der Waals surface area (Å²) in [7, 11) is -8.38. The molecule has 2 amide bonds. The predicted molar refractivity (Wildman–Crippen MR) is 119 cm³/mol. The number of carbonyl (C=O) groups excluding carboxylic acids is 2. The molecule has 180 valence electrons. The van der Waals surface area contributed by atoms with Crippen LogP contribution in [0.25, 0.3) is 0 Å². The Hall–Kier alpha value is -1.09. The summed E-state index contributed by atoms with van der Waals surface area (Å²) < 4.78 is 54.0. The van der Waals surface area contributed by atoms with Gasteiger partial charge in [-0.25, -0.2) is 9.46 Å². The highest BCUT2D eigenvalue weighted by atomic mass is 35.5. The summed E-state index contributed by atoms with van der Waals surface area (Å²) in [4.78, 5) is 26.0. The first-order valence-electron chi connectivity index (χ1n) is 10.2. The number of rotatable bonds is 13. The monoisotopic (exact) mass is 511 g/mol. The second kappa shape index (κ2) is 11.9. The Labute approximate surface area is 192 Å². The van der Waals surface area contributed by atoms with E-state index in [2.05, 4.69) is 0 Å². The molecule has 0 saturated carbocycles. The zero-order valence-corrected chi connectivity index (χ0v) is 20.9. The van der Waals surface area contributed by atoms with E-state index in [1.165, 1.54) is 12.1 Å². The van der Waals surface area contributed by atoms with Crippen LogP contribution in [-0.2, 0) is 41.3 Å². The molecule has 0 aromatic heterocycles. The molecule has 2 atom stereocenters. The Bertz CT molecular complexity index is 893. The van der Waals surface area contributed by atoms with Gasteiger partial charge in [0.2, 0.25) is 5.91 Å². The van der Waals surface area contributed by atoms with Gasteiger partial charge in [0.05, 0.1) is 38.5 Å². The minimum Gasteiger partial charge on any atom is -0.307 e. The predicted octanol–water partition coefficient (Wildman–Crippen LogP) is 5.02. The number of anilines is 1. The zero-order chi connectivity index (χ0) is 23.9. The maximum atomic E-state index is 13.8. The Morgan fingerprint density at radius 1 is 0.969 bits per heavy atom. The van der Waals surface area contributed by atoms with E-state index in [-0.39, 0.29) is 44.1 Å². The van der Waals surface area contributed by atoms with Gasteiger partial charge in [0, 0.05) is 5.56 Å². The molecule has 0 N–H and O–H groups in total. The van der Waals surface area contributed by atoms with Crippen molar-refractivity contribution in [2.75, 3.05) is 31.3 Å². The van der Waals surface area contributed by atoms with Gasteiger partial charge in [-0.2, -0.15) is 0 Å². The molecule has 2 unspecified atom stereocenters. The number of alkyl halides is 1. The highest BCUT2D eigenvalue weighted by molar-refractivity contribution is 7.55. The minimum atomic E-state index is -4.23. The summed E-state index contributed by atoms with van der Waals surface area (Å²) in [6.07, 6.45) is -0.189. The first kappa shape index (κ1) is 27.2. The number of nitrogens with zero attached hydrogens (tertiary/aromatic N) is 1. The smallest absolute Gasteiger partial charge is 0.307 e. The largest absolute Gasteiger partial charge is 0.475 e. The molecule has 32 heavy (non-hydrogen) atoms.